The van der Waals surface area contributed by atoms with Gasteiger partial charge in [0, 0.05) is 10.6 Å². The Hall–Kier alpha value is -0.730. The molecule has 3 N–H and O–H groups in total. The molecule has 0 aliphatic carbocycles. The molecule has 84 valence electrons. The monoisotopic (exact) mass is 227 g/mol. The van der Waals surface area contributed by atoms with Crippen molar-refractivity contribution in [3.05, 3.63) is 28.3 Å². The highest BCUT2D eigenvalue weighted by Gasteiger charge is 2.16. The molecule has 0 fully saturated rings. The van der Waals surface area contributed by atoms with Gasteiger partial charge in [0.15, 0.2) is 0 Å². The number of benzene rings is 1. The average Bonchev–Trinajstić information content (AvgIpc) is 2.08. The van der Waals surface area contributed by atoms with Crippen molar-refractivity contribution in [3.8, 4) is 5.75 Å². The zero-order valence-corrected chi connectivity index (χ0v) is 10.2. The molecule has 0 unspecified atom stereocenters. The van der Waals surface area contributed by atoms with Crippen molar-refractivity contribution < 1.29 is 5.11 Å². The van der Waals surface area contributed by atoms with Gasteiger partial charge in [-0.2, -0.15) is 0 Å². The molecule has 0 heterocycles. The molecule has 15 heavy (non-hydrogen) atoms. The Balaban J connectivity index is 3.12. The lowest BCUT2D eigenvalue weighted by atomic mass is 9.94. The van der Waals surface area contributed by atoms with E-state index in [0.29, 0.717) is 17.2 Å². The van der Waals surface area contributed by atoms with Gasteiger partial charge in [-0.1, -0.05) is 18.5 Å². The predicted octanol–water partition coefficient (Wildman–Crippen LogP) is 2.89. The van der Waals surface area contributed by atoms with Crippen LogP contribution in [0.25, 0.3) is 0 Å². The molecule has 0 saturated carbocycles. The summed E-state index contributed by atoms with van der Waals surface area (Å²) in [5.41, 5.74) is 7.29. The summed E-state index contributed by atoms with van der Waals surface area (Å²) >= 11 is 5.98. The molecule has 1 rings (SSSR count). The van der Waals surface area contributed by atoms with Gasteiger partial charge in [-0.15, -0.1) is 0 Å². The van der Waals surface area contributed by atoms with Gasteiger partial charge < -0.3 is 10.8 Å². The summed E-state index contributed by atoms with van der Waals surface area (Å²) in [5.74, 6) is 0.334. The normalized spacial score (nSPS) is 11.8. The summed E-state index contributed by atoms with van der Waals surface area (Å²) in [6.45, 7) is 5.85. The first-order chi connectivity index (χ1) is 6.83. The van der Waals surface area contributed by atoms with E-state index >= 15 is 0 Å². The SMILES string of the molecule is CCc1cc(Cl)cc(CC(C)(C)N)c1O. The minimum absolute atomic E-state index is 0.334. The molecule has 0 amide bonds. The van der Waals surface area contributed by atoms with Gasteiger partial charge in [0.1, 0.15) is 5.75 Å². The van der Waals surface area contributed by atoms with E-state index in [1.807, 2.05) is 20.8 Å². The Bertz CT molecular complexity index is 355. The van der Waals surface area contributed by atoms with E-state index < -0.39 is 0 Å². The Kier molecular flexibility index (Phi) is 3.63. The predicted molar refractivity (Wildman–Crippen MR) is 64.5 cm³/mol. The van der Waals surface area contributed by atoms with E-state index in [-0.39, 0.29) is 5.54 Å². The lowest BCUT2D eigenvalue weighted by Crippen LogP contribution is -2.34. The number of phenols is 1. The van der Waals surface area contributed by atoms with Gasteiger partial charge in [-0.3, -0.25) is 0 Å². The van der Waals surface area contributed by atoms with Crippen LogP contribution in [0.2, 0.25) is 5.02 Å². The summed E-state index contributed by atoms with van der Waals surface area (Å²) in [5, 5.41) is 10.6. The third kappa shape index (κ3) is 3.40. The van der Waals surface area contributed by atoms with E-state index in [9.17, 15) is 5.11 Å². The Morgan fingerprint density at radius 2 is 1.87 bits per heavy atom. The van der Waals surface area contributed by atoms with Crippen LogP contribution in [0.5, 0.6) is 5.75 Å². The lowest BCUT2D eigenvalue weighted by molar-refractivity contribution is 0.445. The fraction of sp³-hybridized carbons (Fsp3) is 0.500. The van der Waals surface area contributed by atoms with Crippen molar-refractivity contribution in [1.29, 1.82) is 0 Å². The van der Waals surface area contributed by atoms with E-state index in [1.165, 1.54) is 0 Å². The molecule has 0 bridgehead atoms. The van der Waals surface area contributed by atoms with Crippen LogP contribution in [0.3, 0.4) is 0 Å². The van der Waals surface area contributed by atoms with Gasteiger partial charge in [0.2, 0.25) is 0 Å². The zero-order chi connectivity index (χ0) is 11.6. The van der Waals surface area contributed by atoms with Crippen molar-refractivity contribution >= 4 is 11.6 Å². The minimum atomic E-state index is -0.340. The van der Waals surface area contributed by atoms with Gasteiger partial charge in [0.05, 0.1) is 0 Å². The topological polar surface area (TPSA) is 46.2 Å². The quantitative estimate of drug-likeness (QED) is 0.834. The molecule has 0 aromatic heterocycles. The maximum Gasteiger partial charge on any atom is 0.122 e. The molecular formula is C12H18ClNO. The van der Waals surface area contributed by atoms with Crippen LogP contribution in [0, 0.1) is 0 Å². The summed E-state index contributed by atoms with van der Waals surface area (Å²) in [6, 6.07) is 3.58. The molecule has 3 heteroatoms. The van der Waals surface area contributed by atoms with Crippen molar-refractivity contribution in [2.24, 2.45) is 5.73 Å². The molecule has 0 saturated heterocycles. The van der Waals surface area contributed by atoms with Crippen LogP contribution in [0.15, 0.2) is 12.1 Å². The van der Waals surface area contributed by atoms with Gasteiger partial charge >= 0.3 is 0 Å². The summed E-state index contributed by atoms with van der Waals surface area (Å²) in [4.78, 5) is 0. The molecule has 0 spiro atoms. The Labute approximate surface area is 96.1 Å². The molecule has 2 nitrogen and oxygen atoms in total. The molecule has 0 atom stereocenters. The number of hydrogen-bond donors (Lipinski definition) is 2. The highest BCUT2D eigenvalue weighted by Crippen LogP contribution is 2.29. The van der Waals surface area contributed by atoms with Crippen LogP contribution in [-0.4, -0.2) is 10.6 Å². The standard InChI is InChI=1S/C12H18ClNO/c1-4-8-5-10(13)6-9(11(8)15)7-12(2,3)14/h5-6,15H,4,7,14H2,1-3H3. The molecule has 1 aromatic carbocycles. The van der Waals surface area contributed by atoms with Crippen LogP contribution in [-0.2, 0) is 12.8 Å². The summed E-state index contributed by atoms with van der Waals surface area (Å²) in [6.07, 6.45) is 1.39. The maximum absolute atomic E-state index is 9.96. The van der Waals surface area contributed by atoms with Crippen molar-refractivity contribution in [1.82, 2.24) is 0 Å². The minimum Gasteiger partial charge on any atom is -0.507 e. The summed E-state index contributed by atoms with van der Waals surface area (Å²) in [7, 11) is 0. The van der Waals surface area contributed by atoms with Crippen molar-refractivity contribution in [2.75, 3.05) is 0 Å². The Morgan fingerprint density at radius 3 is 2.33 bits per heavy atom. The second-order valence-electron chi connectivity index (χ2n) is 4.59. The van der Waals surface area contributed by atoms with E-state index in [2.05, 4.69) is 0 Å². The molecular weight excluding hydrogens is 210 g/mol. The zero-order valence-electron chi connectivity index (χ0n) is 9.47. The van der Waals surface area contributed by atoms with E-state index in [1.54, 1.807) is 12.1 Å². The average molecular weight is 228 g/mol. The molecule has 0 aliphatic heterocycles. The number of halogens is 1. The highest BCUT2D eigenvalue weighted by atomic mass is 35.5. The number of rotatable bonds is 3. The molecule has 0 aliphatic rings. The third-order valence-electron chi connectivity index (χ3n) is 2.26. The first kappa shape index (κ1) is 12.3. The van der Waals surface area contributed by atoms with E-state index in [4.69, 9.17) is 17.3 Å². The number of aromatic hydroxyl groups is 1. The lowest BCUT2D eigenvalue weighted by Gasteiger charge is -2.20. The number of nitrogens with two attached hydrogens (primary N) is 1. The maximum atomic E-state index is 9.96. The van der Waals surface area contributed by atoms with Crippen molar-refractivity contribution in [2.45, 2.75) is 39.2 Å². The van der Waals surface area contributed by atoms with Crippen molar-refractivity contribution in [3.63, 3.8) is 0 Å². The van der Waals surface area contributed by atoms with Gasteiger partial charge in [-0.05, 0) is 49.9 Å². The van der Waals surface area contributed by atoms with Crippen LogP contribution in [0.1, 0.15) is 31.9 Å². The fourth-order valence-electron chi connectivity index (χ4n) is 1.61. The number of hydrogen-bond acceptors (Lipinski definition) is 2. The van der Waals surface area contributed by atoms with E-state index in [0.717, 1.165) is 17.5 Å². The largest absolute Gasteiger partial charge is 0.507 e. The summed E-state index contributed by atoms with van der Waals surface area (Å²) < 4.78 is 0. The van der Waals surface area contributed by atoms with Crippen LogP contribution < -0.4 is 5.73 Å². The highest BCUT2D eigenvalue weighted by molar-refractivity contribution is 6.30. The molecule has 0 radical (unpaired) electrons. The number of aryl methyl sites for hydroxylation is 1. The van der Waals surface area contributed by atoms with Gasteiger partial charge in [-0.25, -0.2) is 0 Å². The second-order valence-corrected chi connectivity index (χ2v) is 5.03. The second kappa shape index (κ2) is 4.42. The number of phenolic OH excluding ortho intramolecular Hbond substituents is 1. The first-order valence-electron chi connectivity index (χ1n) is 5.12. The first-order valence-corrected chi connectivity index (χ1v) is 5.50. The smallest absolute Gasteiger partial charge is 0.122 e. The molecule has 1 aromatic rings. The Morgan fingerprint density at radius 1 is 1.33 bits per heavy atom. The van der Waals surface area contributed by atoms with Crippen LogP contribution >= 0.6 is 11.6 Å². The van der Waals surface area contributed by atoms with Gasteiger partial charge in [0.25, 0.3) is 0 Å². The van der Waals surface area contributed by atoms with Crippen LogP contribution in [0.4, 0.5) is 0 Å². The fourth-order valence-corrected chi connectivity index (χ4v) is 1.88. The third-order valence-corrected chi connectivity index (χ3v) is 2.48.